The van der Waals surface area contributed by atoms with Gasteiger partial charge in [0, 0.05) is 0 Å². The molecule has 4 saturated carbocycles. The average molecular weight is 473 g/mol. The quantitative estimate of drug-likeness (QED) is 0.428. The number of fused-ring (bicyclic) bond motifs is 5. The average Bonchev–Trinajstić information content (AvgIpc) is 3.15. The molecule has 0 aliphatic heterocycles. The van der Waals surface area contributed by atoms with Crippen LogP contribution in [-0.2, 0) is 19.7 Å². The lowest BCUT2D eigenvalue weighted by atomic mass is 9.45. The minimum atomic E-state index is -3.72. The standard InChI is InChI=1S/C29H44O3S/c1-27(2,3)20-8-11-23(12-9-20)33(30,31)32-22-14-18-29(5)21(19-22)10-13-24-25-7-6-16-28(25,4)17-15-26(24)29/h8-9,11-12,21-22,24-26H,6-7,10,13-19H2,1-5H3. The first-order chi connectivity index (χ1) is 15.4. The van der Waals surface area contributed by atoms with Gasteiger partial charge in [0.2, 0.25) is 0 Å². The van der Waals surface area contributed by atoms with Gasteiger partial charge in [-0.25, -0.2) is 0 Å². The third kappa shape index (κ3) is 4.11. The van der Waals surface area contributed by atoms with Gasteiger partial charge in [0.15, 0.2) is 0 Å². The highest BCUT2D eigenvalue weighted by molar-refractivity contribution is 7.86. The molecule has 4 fully saturated rings. The summed E-state index contributed by atoms with van der Waals surface area (Å²) in [4.78, 5) is 0.292. The molecule has 0 saturated heterocycles. The van der Waals surface area contributed by atoms with E-state index in [9.17, 15) is 8.42 Å². The molecule has 33 heavy (non-hydrogen) atoms. The van der Waals surface area contributed by atoms with Gasteiger partial charge in [-0.05, 0) is 115 Å². The second-order valence-corrected chi connectivity index (χ2v) is 15.0. The van der Waals surface area contributed by atoms with Crippen LogP contribution in [0.4, 0.5) is 0 Å². The van der Waals surface area contributed by atoms with Crippen LogP contribution in [-0.4, -0.2) is 14.5 Å². The Morgan fingerprint density at radius 2 is 1.61 bits per heavy atom. The molecule has 0 N–H and O–H groups in total. The molecule has 184 valence electrons. The zero-order chi connectivity index (χ0) is 23.6. The molecule has 4 heteroatoms. The number of rotatable bonds is 3. The van der Waals surface area contributed by atoms with Crippen LogP contribution in [0.25, 0.3) is 0 Å². The van der Waals surface area contributed by atoms with Crippen molar-refractivity contribution in [1.82, 2.24) is 0 Å². The van der Waals surface area contributed by atoms with Gasteiger partial charge >= 0.3 is 0 Å². The van der Waals surface area contributed by atoms with Gasteiger partial charge < -0.3 is 0 Å². The predicted octanol–water partition coefficient (Wildman–Crippen LogP) is 7.49. The van der Waals surface area contributed by atoms with E-state index in [0.29, 0.717) is 21.6 Å². The SMILES string of the molecule is CC(C)(C)c1ccc(S(=O)(=O)OC2CCC3(C)C(CCC4C5CCCC5(C)CCC43)C2)cc1. The van der Waals surface area contributed by atoms with Crippen molar-refractivity contribution in [1.29, 1.82) is 0 Å². The Morgan fingerprint density at radius 3 is 2.30 bits per heavy atom. The van der Waals surface area contributed by atoms with E-state index in [1.807, 2.05) is 12.1 Å². The van der Waals surface area contributed by atoms with Crippen molar-refractivity contribution in [3.8, 4) is 0 Å². The summed E-state index contributed by atoms with van der Waals surface area (Å²) in [7, 11) is -3.72. The lowest BCUT2D eigenvalue weighted by Gasteiger charge is -2.60. The first kappa shape index (κ1) is 23.9. The number of benzene rings is 1. The normalized spacial score (nSPS) is 41.2. The van der Waals surface area contributed by atoms with Crippen LogP contribution >= 0.6 is 0 Å². The zero-order valence-electron chi connectivity index (χ0n) is 21.4. The highest BCUT2D eigenvalue weighted by Crippen LogP contribution is 2.66. The van der Waals surface area contributed by atoms with E-state index in [1.54, 1.807) is 12.1 Å². The van der Waals surface area contributed by atoms with Crippen LogP contribution in [0.2, 0.25) is 0 Å². The van der Waals surface area contributed by atoms with E-state index in [2.05, 4.69) is 34.6 Å². The summed E-state index contributed by atoms with van der Waals surface area (Å²) in [5, 5.41) is 0. The lowest BCUT2D eigenvalue weighted by molar-refractivity contribution is -0.117. The molecule has 1 aromatic rings. The largest absolute Gasteiger partial charge is 0.297 e. The second-order valence-electron chi connectivity index (χ2n) is 13.5. The molecular weight excluding hydrogens is 428 g/mol. The van der Waals surface area contributed by atoms with E-state index in [1.165, 1.54) is 44.9 Å². The monoisotopic (exact) mass is 472 g/mol. The molecule has 0 heterocycles. The molecule has 0 aromatic heterocycles. The highest BCUT2D eigenvalue weighted by atomic mass is 32.2. The third-order valence-electron chi connectivity index (χ3n) is 10.7. The van der Waals surface area contributed by atoms with E-state index in [-0.39, 0.29) is 11.5 Å². The fraction of sp³-hybridized carbons (Fsp3) is 0.793. The molecule has 0 bridgehead atoms. The van der Waals surface area contributed by atoms with E-state index in [0.717, 1.165) is 42.6 Å². The first-order valence-electron chi connectivity index (χ1n) is 13.5. The van der Waals surface area contributed by atoms with Crippen LogP contribution in [0.3, 0.4) is 0 Å². The van der Waals surface area contributed by atoms with E-state index in [4.69, 9.17) is 4.18 Å². The molecule has 0 radical (unpaired) electrons. The van der Waals surface area contributed by atoms with Crippen molar-refractivity contribution in [3.05, 3.63) is 29.8 Å². The summed E-state index contributed by atoms with van der Waals surface area (Å²) in [5.74, 6) is 3.26. The third-order valence-corrected chi connectivity index (χ3v) is 12.0. The molecule has 3 nitrogen and oxygen atoms in total. The summed E-state index contributed by atoms with van der Waals surface area (Å²) >= 11 is 0. The summed E-state index contributed by atoms with van der Waals surface area (Å²) in [6.07, 6.45) is 12.4. The number of hydrogen-bond acceptors (Lipinski definition) is 3. The Bertz CT molecular complexity index is 975. The molecular formula is C29H44O3S. The predicted molar refractivity (Wildman–Crippen MR) is 134 cm³/mol. The molecule has 0 amide bonds. The summed E-state index contributed by atoms with van der Waals surface area (Å²) < 4.78 is 32.0. The highest BCUT2D eigenvalue weighted by Gasteiger charge is 2.58. The molecule has 4 aliphatic rings. The second kappa shape index (κ2) is 8.08. The fourth-order valence-corrected chi connectivity index (χ4v) is 9.77. The van der Waals surface area contributed by atoms with Crippen LogP contribution < -0.4 is 0 Å². The molecule has 7 unspecified atom stereocenters. The number of hydrogen-bond donors (Lipinski definition) is 0. The van der Waals surface area contributed by atoms with Crippen LogP contribution in [0.1, 0.15) is 104 Å². The van der Waals surface area contributed by atoms with Crippen molar-refractivity contribution >= 4 is 10.1 Å². The van der Waals surface area contributed by atoms with E-state index < -0.39 is 10.1 Å². The maximum absolute atomic E-state index is 13.1. The lowest BCUT2D eigenvalue weighted by Crippen LogP contribution is -2.53. The van der Waals surface area contributed by atoms with Gasteiger partial charge in [-0.1, -0.05) is 53.2 Å². The van der Waals surface area contributed by atoms with Gasteiger partial charge in [-0.2, -0.15) is 8.42 Å². The topological polar surface area (TPSA) is 43.4 Å². The molecule has 4 aliphatic carbocycles. The summed E-state index contributed by atoms with van der Waals surface area (Å²) in [6, 6.07) is 7.29. The summed E-state index contributed by atoms with van der Waals surface area (Å²) in [5.41, 5.74) is 2.11. The van der Waals surface area contributed by atoms with Gasteiger partial charge in [0.1, 0.15) is 0 Å². The minimum Gasteiger partial charge on any atom is -0.263 e. The Labute approximate surface area is 202 Å². The van der Waals surface area contributed by atoms with Gasteiger partial charge in [-0.3, -0.25) is 4.18 Å². The van der Waals surface area contributed by atoms with Crippen molar-refractivity contribution in [3.63, 3.8) is 0 Å². The van der Waals surface area contributed by atoms with Crippen molar-refractivity contribution in [2.75, 3.05) is 0 Å². The maximum atomic E-state index is 13.1. The molecule has 7 atom stereocenters. The summed E-state index contributed by atoms with van der Waals surface area (Å²) in [6.45, 7) is 11.5. The maximum Gasteiger partial charge on any atom is 0.297 e. The first-order valence-corrected chi connectivity index (χ1v) is 14.9. The van der Waals surface area contributed by atoms with Gasteiger partial charge in [0.25, 0.3) is 10.1 Å². The molecule has 5 rings (SSSR count). The van der Waals surface area contributed by atoms with Crippen molar-refractivity contribution in [2.45, 2.75) is 115 Å². The van der Waals surface area contributed by atoms with Gasteiger partial charge in [-0.15, -0.1) is 0 Å². The van der Waals surface area contributed by atoms with Crippen LogP contribution in [0, 0.1) is 34.5 Å². The zero-order valence-corrected chi connectivity index (χ0v) is 22.2. The van der Waals surface area contributed by atoms with Crippen LogP contribution in [0.15, 0.2) is 29.2 Å². The van der Waals surface area contributed by atoms with E-state index >= 15 is 0 Å². The van der Waals surface area contributed by atoms with Crippen LogP contribution in [0.5, 0.6) is 0 Å². The van der Waals surface area contributed by atoms with Crippen molar-refractivity contribution in [2.24, 2.45) is 34.5 Å². The molecule has 1 aromatic carbocycles. The molecule has 0 spiro atoms. The Balaban J connectivity index is 1.27. The Hall–Kier alpha value is -0.870. The Kier molecular flexibility index (Phi) is 5.84. The Morgan fingerprint density at radius 1 is 0.879 bits per heavy atom. The van der Waals surface area contributed by atoms with Gasteiger partial charge in [0.05, 0.1) is 11.0 Å². The minimum absolute atomic E-state index is 0.00483. The smallest absolute Gasteiger partial charge is 0.263 e. The van der Waals surface area contributed by atoms with Crippen molar-refractivity contribution < 1.29 is 12.6 Å². The fourth-order valence-electron chi connectivity index (χ4n) is 8.66.